The fourth-order valence-corrected chi connectivity index (χ4v) is 7.11. The molecule has 0 unspecified atom stereocenters. The minimum Gasteiger partial charge on any atom is -0.497 e. The Morgan fingerprint density at radius 3 is 2.09 bits per heavy atom. The minimum absolute atomic E-state index is 0.0810. The number of methoxy groups -OCH3 is 1. The van der Waals surface area contributed by atoms with E-state index in [9.17, 15) is 15.0 Å². The molecule has 0 bridgehead atoms. The highest BCUT2D eigenvalue weighted by Crippen LogP contribution is 2.55. The number of aliphatic hydroxyl groups is 2. The van der Waals surface area contributed by atoms with Gasteiger partial charge in [0.1, 0.15) is 28.6 Å². The maximum Gasteiger partial charge on any atom is 0.280 e. The Balaban J connectivity index is 1.41. The molecule has 3 atom stereocenters. The molecule has 0 aliphatic carbocycles. The lowest BCUT2D eigenvalue weighted by atomic mass is 9.77. The molecular formula is C35H37N5O7. The first-order valence-corrected chi connectivity index (χ1v) is 15.4. The Morgan fingerprint density at radius 1 is 0.915 bits per heavy atom. The number of rotatable bonds is 9. The number of aliphatic hydroxyl groups excluding tert-OH is 2. The van der Waals surface area contributed by atoms with Gasteiger partial charge in [0.15, 0.2) is 23.2 Å². The predicted octanol–water partition coefficient (Wildman–Crippen LogP) is 3.69. The van der Waals surface area contributed by atoms with Gasteiger partial charge < -0.3 is 34.5 Å². The number of imidazole rings is 1. The van der Waals surface area contributed by atoms with Gasteiger partial charge in [0.25, 0.3) is 5.56 Å². The van der Waals surface area contributed by atoms with E-state index in [0.29, 0.717) is 5.75 Å². The summed E-state index contributed by atoms with van der Waals surface area (Å²) in [5.74, 6) is -0.159. The lowest BCUT2D eigenvalue weighted by Gasteiger charge is -2.37. The second-order valence-corrected chi connectivity index (χ2v) is 12.6. The van der Waals surface area contributed by atoms with Crippen LogP contribution < -0.4 is 15.6 Å². The molecule has 2 saturated heterocycles. The summed E-state index contributed by atoms with van der Waals surface area (Å²) in [4.78, 5) is 25.9. The van der Waals surface area contributed by atoms with Crippen molar-refractivity contribution in [3.8, 4) is 5.75 Å². The van der Waals surface area contributed by atoms with Crippen molar-refractivity contribution in [2.75, 3.05) is 25.6 Å². The van der Waals surface area contributed by atoms with Crippen molar-refractivity contribution >= 4 is 17.1 Å². The molecule has 5 aromatic rings. The zero-order chi connectivity index (χ0) is 33.0. The summed E-state index contributed by atoms with van der Waals surface area (Å²) in [7, 11) is 1.62. The molecule has 244 valence electrons. The molecule has 2 aliphatic heterocycles. The third kappa shape index (κ3) is 4.83. The topological polar surface area (TPSA) is 153 Å². The number of fused-ring (bicyclic) bond motifs is 2. The summed E-state index contributed by atoms with van der Waals surface area (Å²) >= 11 is 0. The molecule has 2 fully saturated rings. The molecule has 0 spiro atoms. The van der Waals surface area contributed by atoms with Crippen molar-refractivity contribution < 1.29 is 29.2 Å². The molecule has 12 heteroatoms. The largest absolute Gasteiger partial charge is 0.497 e. The van der Waals surface area contributed by atoms with Gasteiger partial charge in [0, 0.05) is 0 Å². The standard InChI is InChI=1S/C35H37N5O7/c1-32(2)45-29-33(3,47-32)30(46-34(29,19-41)20-42)40-21-36-26-27(40)37-31(38-28(26)43)39-35(22-11-7-5-8-12-22,23-13-9-6-10-14-23)24-15-17-25(44-4)18-16-24/h5-18,21,29-30,41-42H,19-20H2,1-4H3,(H2,37,38,39,43)/t29-,30+,33+/m0/s1. The van der Waals surface area contributed by atoms with E-state index >= 15 is 0 Å². The number of aromatic amines is 1. The van der Waals surface area contributed by atoms with Crippen molar-refractivity contribution in [3.63, 3.8) is 0 Å². The van der Waals surface area contributed by atoms with Crippen LogP contribution in [-0.4, -0.2) is 73.1 Å². The highest BCUT2D eigenvalue weighted by atomic mass is 16.8. The molecule has 0 amide bonds. The number of anilines is 1. The van der Waals surface area contributed by atoms with Crippen LogP contribution in [0, 0.1) is 0 Å². The third-order valence-electron chi connectivity index (χ3n) is 9.17. The maximum atomic E-state index is 13.7. The van der Waals surface area contributed by atoms with Crippen LogP contribution in [0.4, 0.5) is 5.95 Å². The molecule has 2 aliphatic rings. The van der Waals surface area contributed by atoms with Gasteiger partial charge in [0.2, 0.25) is 5.95 Å². The second-order valence-electron chi connectivity index (χ2n) is 12.6. The number of hydrogen-bond donors (Lipinski definition) is 4. The molecule has 2 aromatic heterocycles. The van der Waals surface area contributed by atoms with Crippen LogP contribution in [0.2, 0.25) is 0 Å². The molecule has 47 heavy (non-hydrogen) atoms. The quantitative estimate of drug-likeness (QED) is 0.176. The van der Waals surface area contributed by atoms with E-state index in [2.05, 4.69) is 15.3 Å². The van der Waals surface area contributed by atoms with Gasteiger partial charge in [-0.15, -0.1) is 0 Å². The van der Waals surface area contributed by atoms with Crippen LogP contribution in [0.5, 0.6) is 5.75 Å². The van der Waals surface area contributed by atoms with Crippen molar-refractivity contribution in [2.45, 2.75) is 55.6 Å². The normalized spacial score (nSPS) is 23.1. The number of nitrogens with one attached hydrogen (secondary N) is 2. The number of nitrogens with zero attached hydrogens (tertiary/aromatic N) is 3. The van der Waals surface area contributed by atoms with E-state index in [4.69, 9.17) is 23.9 Å². The fourth-order valence-electron chi connectivity index (χ4n) is 7.11. The van der Waals surface area contributed by atoms with Crippen molar-refractivity contribution in [2.24, 2.45) is 0 Å². The number of hydrogen-bond acceptors (Lipinski definition) is 10. The van der Waals surface area contributed by atoms with Gasteiger partial charge in [0.05, 0.1) is 26.7 Å². The first-order chi connectivity index (χ1) is 22.6. The molecule has 0 radical (unpaired) electrons. The van der Waals surface area contributed by atoms with E-state index in [1.165, 1.54) is 6.33 Å². The van der Waals surface area contributed by atoms with Gasteiger partial charge in [-0.3, -0.25) is 14.3 Å². The molecule has 12 nitrogen and oxygen atoms in total. The smallest absolute Gasteiger partial charge is 0.280 e. The van der Waals surface area contributed by atoms with Gasteiger partial charge >= 0.3 is 0 Å². The molecular weight excluding hydrogens is 602 g/mol. The summed E-state index contributed by atoms with van der Waals surface area (Å²) in [6.07, 6.45) is -0.342. The van der Waals surface area contributed by atoms with Gasteiger partial charge in [-0.1, -0.05) is 72.8 Å². The van der Waals surface area contributed by atoms with Crippen LogP contribution in [0.3, 0.4) is 0 Å². The number of aromatic nitrogens is 4. The second kappa shape index (κ2) is 11.3. The average molecular weight is 640 g/mol. The third-order valence-corrected chi connectivity index (χ3v) is 9.17. The zero-order valence-corrected chi connectivity index (χ0v) is 26.5. The maximum absolute atomic E-state index is 13.7. The summed E-state index contributed by atoms with van der Waals surface area (Å²) in [5, 5.41) is 24.4. The monoisotopic (exact) mass is 639 g/mol. The molecule has 0 saturated carbocycles. The minimum atomic E-state index is -1.48. The Labute approximate surface area is 270 Å². The van der Waals surface area contributed by atoms with E-state index in [-0.39, 0.29) is 17.1 Å². The van der Waals surface area contributed by atoms with Crippen LogP contribution in [0.25, 0.3) is 11.2 Å². The van der Waals surface area contributed by atoms with Crippen LogP contribution in [-0.2, 0) is 19.7 Å². The van der Waals surface area contributed by atoms with Gasteiger partial charge in [-0.25, -0.2) is 4.98 Å². The van der Waals surface area contributed by atoms with E-state index in [1.807, 2.05) is 84.9 Å². The average Bonchev–Trinajstić information content (AvgIpc) is 3.70. The Morgan fingerprint density at radius 2 is 1.51 bits per heavy atom. The number of H-pyrrole nitrogens is 1. The van der Waals surface area contributed by atoms with E-state index < -0.39 is 53.6 Å². The van der Waals surface area contributed by atoms with Crippen molar-refractivity contribution in [1.82, 2.24) is 19.5 Å². The highest BCUT2D eigenvalue weighted by molar-refractivity contribution is 5.72. The number of benzene rings is 3. The SMILES string of the molecule is COc1ccc(C(Nc2nc3c(ncn3[C@@H]3OC(CO)(CO)[C@H]4OC(C)(C)O[C@]43C)c(=O)[nH]2)(c2ccccc2)c2ccccc2)cc1. The Kier molecular flexibility index (Phi) is 7.45. The lowest BCUT2D eigenvalue weighted by molar-refractivity contribution is -0.244. The van der Waals surface area contributed by atoms with E-state index in [1.54, 1.807) is 32.4 Å². The summed E-state index contributed by atoms with van der Waals surface area (Å²) < 4.78 is 26.0. The predicted molar refractivity (Wildman–Crippen MR) is 173 cm³/mol. The Hall–Kier alpha value is -4.59. The number of ether oxygens (including phenoxy) is 4. The van der Waals surface area contributed by atoms with Gasteiger partial charge in [-0.2, -0.15) is 4.98 Å². The first-order valence-electron chi connectivity index (χ1n) is 15.4. The van der Waals surface area contributed by atoms with Crippen LogP contribution >= 0.6 is 0 Å². The fraction of sp³-hybridized carbons (Fsp3) is 0.343. The summed E-state index contributed by atoms with van der Waals surface area (Å²) in [5.41, 5.74) is -1.18. The van der Waals surface area contributed by atoms with Crippen molar-refractivity contribution in [1.29, 1.82) is 0 Å². The zero-order valence-electron chi connectivity index (χ0n) is 26.5. The Bertz CT molecular complexity index is 1900. The molecule has 3 aromatic carbocycles. The van der Waals surface area contributed by atoms with Crippen LogP contribution in [0.1, 0.15) is 43.7 Å². The first kappa shape index (κ1) is 31.0. The molecule has 7 rings (SSSR count). The molecule has 4 heterocycles. The summed E-state index contributed by atoms with van der Waals surface area (Å²) in [6, 6.07) is 27.5. The van der Waals surface area contributed by atoms with E-state index in [0.717, 1.165) is 16.7 Å². The van der Waals surface area contributed by atoms with Crippen LogP contribution in [0.15, 0.2) is 96.1 Å². The van der Waals surface area contributed by atoms with Gasteiger partial charge in [-0.05, 0) is 49.6 Å². The summed E-state index contributed by atoms with van der Waals surface area (Å²) in [6.45, 7) is 4.27. The lowest BCUT2D eigenvalue weighted by Crippen LogP contribution is -2.52. The molecule has 4 N–H and O–H groups in total. The highest BCUT2D eigenvalue weighted by Gasteiger charge is 2.70. The van der Waals surface area contributed by atoms with Crippen molar-refractivity contribution in [3.05, 3.63) is 118 Å².